The molecular weight excluding hydrogens is 237 g/mol. The number of hydrogen-bond donors (Lipinski definition) is 1. The molecule has 0 saturated heterocycles. The lowest BCUT2D eigenvalue weighted by molar-refractivity contribution is 0.626. The molecule has 1 N–H and O–H groups in total. The number of nitrogens with zero attached hydrogens (tertiary/aromatic N) is 2. The number of hydrogen-bond acceptors (Lipinski definition) is 2. The van der Waals surface area contributed by atoms with E-state index in [1.807, 2.05) is 0 Å². The van der Waals surface area contributed by atoms with Crippen LogP contribution < -0.4 is 0 Å². The quantitative estimate of drug-likeness (QED) is 0.823. The van der Waals surface area contributed by atoms with Gasteiger partial charge in [-0.1, -0.05) is 17.7 Å². The van der Waals surface area contributed by atoms with Crippen molar-refractivity contribution in [1.29, 1.82) is 0 Å². The van der Waals surface area contributed by atoms with Crippen LogP contribution in [0.1, 0.15) is 5.56 Å². The Morgan fingerprint density at radius 1 is 1.53 bits per heavy atom. The van der Waals surface area contributed by atoms with Gasteiger partial charge in [0.05, 0.1) is 11.6 Å². The maximum absolute atomic E-state index is 12.9. The minimum atomic E-state index is -0.420. The molecule has 0 aliphatic heterocycles. The molecule has 1 heterocycles. The van der Waals surface area contributed by atoms with Gasteiger partial charge in [-0.25, -0.2) is 4.39 Å². The van der Waals surface area contributed by atoms with Crippen molar-refractivity contribution in [3.8, 4) is 0 Å². The van der Waals surface area contributed by atoms with Crippen LogP contribution in [-0.4, -0.2) is 14.8 Å². The van der Waals surface area contributed by atoms with Crippen molar-refractivity contribution >= 4 is 23.8 Å². The van der Waals surface area contributed by atoms with Crippen molar-refractivity contribution < 1.29 is 4.39 Å². The minimum Gasteiger partial charge on any atom is -0.302 e. The molecule has 0 unspecified atom stereocenters. The van der Waals surface area contributed by atoms with E-state index in [2.05, 4.69) is 10.2 Å². The van der Waals surface area contributed by atoms with E-state index in [0.29, 0.717) is 11.3 Å². The maximum Gasteiger partial charge on any atom is 0.195 e. The number of halogens is 2. The number of aromatic amines is 1. The second-order valence-corrected chi connectivity index (χ2v) is 3.83. The first kappa shape index (κ1) is 10.3. The lowest BCUT2D eigenvalue weighted by Crippen LogP contribution is -1.98. The van der Waals surface area contributed by atoms with Crippen LogP contribution >= 0.6 is 23.8 Å². The van der Waals surface area contributed by atoms with Crippen LogP contribution in [0.5, 0.6) is 0 Å². The molecule has 3 nitrogen and oxygen atoms in total. The van der Waals surface area contributed by atoms with Crippen molar-refractivity contribution in [3.05, 3.63) is 45.7 Å². The number of benzene rings is 1. The third kappa shape index (κ3) is 2.24. The smallest absolute Gasteiger partial charge is 0.195 e. The second-order valence-electron chi connectivity index (χ2n) is 3.04. The summed E-state index contributed by atoms with van der Waals surface area (Å²) in [6.45, 7) is 0.523. The van der Waals surface area contributed by atoms with Gasteiger partial charge in [0.2, 0.25) is 0 Å². The molecule has 2 rings (SSSR count). The highest BCUT2D eigenvalue weighted by Crippen LogP contribution is 2.16. The molecule has 0 saturated carbocycles. The molecule has 78 valence electrons. The number of H-pyrrole nitrogens is 1. The highest BCUT2D eigenvalue weighted by Gasteiger charge is 2.02. The molecule has 1 aromatic heterocycles. The molecule has 0 radical (unpaired) electrons. The van der Waals surface area contributed by atoms with Gasteiger partial charge in [-0.3, -0.25) is 5.10 Å². The number of rotatable bonds is 2. The zero-order chi connectivity index (χ0) is 10.8. The van der Waals surface area contributed by atoms with E-state index in [9.17, 15) is 4.39 Å². The first-order valence-electron chi connectivity index (χ1n) is 4.20. The Morgan fingerprint density at radius 3 is 2.93 bits per heavy atom. The molecular formula is C9H7ClFN3S. The highest BCUT2D eigenvalue weighted by atomic mass is 35.5. The zero-order valence-corrected chi connectivity index (χ0v) is 9.15. The molecule has 0 fully saturated rings. The molecule has 2 aromatic rings. The van der Waals surface area contributed by atoms with Crippen LogP contribution in [0.25, 0.3) is 0 Å². The molecule has 0 spiro atoms. The summed E-state index contributed by atoms with van der Waals surface area (Å²) in [5.41, 5.74) is 0.874. The van der Waals surface area contributed by atoms with Gasteiger partial charge in [0.15, 0.2) is 4.77 Å². The second kappa shape index (κ2) is 4.12. The fraction of sp³-hybridized carbons (Fsp3) is 0.111. The van der Waals surface area contributed by atoms with Gasteiger partial charge in [0, 0.05) is 0 Å². The molecule has 0 atom stereocenters. The highest BCUT2D eigenvalue weighted by molar-refractivity contribution is 7.71. The summed E-state index contributed by atoms with van der Waals surface area (Å²) in [7, 11) is 0. The topological polar surface area (TPSA) is 33.6 Å². The Labute approximate surface area is 95.5 Å². The van der Waals surface area contributed by atoms with Crippen molar-refractivity contribution in [2.75, 3.05) is 0 Å². The van der Waals surface area contributed by atoms with E-state index in [1.54, 1.807) is 23.0 Å². The van der Waals surface area contributed by atoms with Gasteiger partial charge in [-0.05, 0) is 29.9 Å². The van der Waals surface area contributed by atoms with E-state index in [0.717, 1.165) is 5.56 Å². The first-order chi connectivity index (χ1) is 7.16. The predicted octanol–water partition coefficient (Wildman–Crippen LogP) is 2.78. The SMILES string of the molecule is Fc1ccc(Cn2cn[nH]c2=S)cc1Cl. The van der Waals surface area contributed by atoms with Crippen LogP contribution in [0.15, 0.2) is 24.5 Å². The monoisotopic (exact) mass is 243 g/mol. The maximum atomic E-state index is 12.9. The Hall–Kier alpha value is -1.20. The van der Waals surface area contributed by atoms with Crippen molar-refractivity contribution in [3.63, 3.8) is 0 Å². The van der Waals surface area contributed by atoms with Crippen molar-refractivity contribution in [2.24, 2.45) is 0 Å². The van der Waals surface area contributed by atoms with Crippen LogP contribution in [0.3, 0.4) is 0 Å². The van der Waals surface area contributed by atoms with Gasteiger partial charge in [-0.2, -0.15) is 5.10 Å². The summed E-state index contributed by atoms with van der Waals surface area (Å²) < 4.78 is 15.1. The fourth-order valence-electron chi connectivity index (χ4n) is 1.22. The summed E-state index contributed by atoms with van der Waals surface area (Å²) in [6.07, 6.45) is 1.58. The summed E-state index contributed by atoms with van der Waals surface area (Å²) in [4.78, 5) is 0. The van der Waals surface area contributed by atoms with Gasteiger partial charge >= 0.3 is 0 Å². The lowest BCUT2D eigenvalue weighted by atomic mass is 10.2. The van der Waals surface area contributed by atoms with E-state index >= 15 is 0 Å². The molecule has 0 aliphatic rings. The van der Waals surface area contributed by atoms with Crippen LogP contribution in [-0.2, 0) is 6.54 Å². The van der Waals surface area contributed by atoms with Gasteiger partial charge < -0.3 is 4.57 Å². The van der Waals surface area contributed by atoms with Crippen LogP contribution in [0.4, 0.5) is 4.39 Å². The lowest BCUT2D eigenvalue weighted by Gasteiger charge is -2.02. The van der Waals surface area contributed by atoms with Crippen LogP contribution in [0.2, 0.25) is 5.02 Å². The molecule has 6 heteroatoms. The normalized spacial score (nSPS) is 10.5. The summed E-state index contributed by atoms with van der Waals surface area (Å²) >= 11 is 10.6. The Bertz CT molecular complexity index is 534. The largest absolute Gasteiger partial charge is 0.302 e. The third-order valence-corrected chi connectivity index (χ3v) is 2.57. The van der Waals surface area contributed by atoms with E-state index in [4.69, 9.17) is 23.8 Å². The Morgan fingerprint density at radius 2 is 2.33 bits per heavy atom. The number of nitrogens with one attached hydrogen (secondary N) is 1. The first-order valence-corrected chi connectivity index (χ1v) is 4.99. The predicted molar refractivity (Wildman–Crippen MR) is 57.9 cm³/mol. The van der Waals surface area contributed by atoms with Gasteiger partial charge in [-0.15, -0.1) is 0 Å². The van der Waals surface area contributed by atoms with Gasteiger partial charge in [0.25, 0.3) is 0 Å². The fourth-order valence-corrected chi connectivity index (χ4v) is 1.59. The third-order valence-electron chi connectivity index (χ3n) is 1.96. The summed E-state index contributed by atoms with van der Waals surface area (Å²) in [5.74, 6) is -0.420. The van der Waals surface area contributed by atoms with Crippen molar-refractivity contribution in [2.45, 2.75) is 6.54 Å². The standard InChI is InChI=1S/C9H7ClFN3S/c10-7-3-6(1-2-8(7)11)4-14-5-12-13-9(14)15/h1-3,5H,4H2,(H,13,15). The Balaban J connectivity index is 2.29. The van der Waals surface area contributed by atoms with Crippen LogP contribution in [0, 0.1) is 10.6 Å². The molecule has 0 amide bonds. The molecule has 1 aromatic carbocycles. The average molecular weight is 244 g/mol. The van der Waals surface area contributed by atoms with E-state index in [-0.39, 0.29) is 5.02 Å². The zero-order valence-electron chi connectivity index (χ0n) is 7.58. The van der Waals surface area contributed by atoms with Gasteiger partial charge in [0.1, 0.15) is 12.1 Å². The number of aromatic nitrogens is 3. The summed E-state index contributed by atoms with van der Waals surface area (Å²) in [5, 5.41) is 6.53. The molecule has 0 aliphatic carbocycles. The molecule has 15 heavy (non-hydrogen) atoms. The Kier molecular flexibility index (Phi) is 2.83. The molecule has 0 bridgehead atoms. The average Bonchev–Trinajstić information content (AvgIpc) is 2.59. The van der Waals surface area contributed by atoms with E-state index in [1.165, 1.54) is 6.07 Å². The minimum absolute atomic E-state index is 0.113. The van der Waals surface area contributed by atoms with Crippen molar-refractivity contribution in [1.82, 2.24) is 14.8 Å². The van der Waals surface area contributed by atoms with E-state index < -0.39 is 5.82 Å². The summed E-state index contributed by atoms with van der Waals surface area (Å²) in [6, 6.07) is 4.57.